The van der Waals surface area contributed by atoms with Gasteiger partial charge < -0.3 is 8.83 Å². The fourth-order valence-corrected chi connectivity index (χ4v) is 5.88. The summed E-state index contributed by atoms with van der Waals surface area (Å²) < 4.78 is 145. The zero-order chi connectivity index (χ0) is 46.1. The van der Waals surface area contributed by atoms with Crippen molar-refractivity contribution in [2.24, 2.45) is 0 Å². The van der Waals surface area contributed by atoms with Crippen LogP contribution in [0.3, 0.4) is 0 Å². The molecule has 0 N–H and O–H groups in total. The highest BCUT2D eigenvalue weighted by Gasteiger charge is 2.16. The average molecular weight is 657 g/mol. The van der Waals surface area contributed by atoms with Gasteiger partial charge in [-0.05, 0) is 53.0 Å². The number of benzene rings is 7. The lowest BCUT2D eigenvalue weighted by molar-refractivity contribution is 0.669. The van der Waals surface area contributed by atoms with Crippen molar-refractivity contribution in [3.63, 3.8) is 0 Å². The SMILES string of the molecule is [2H]c1c([2H])c(-c2nc(-c3ccccc3)nc(-c3ccc4c(c3)oc3ccccc34)n2)c([2H])c(-c2c([2H])c([2H])c([2H])c(-c3c([2H])c([2H])c([2H])c4c3oc3c([2H])c([2H])c([2H])c([2H])c34)c2[2H])c1[2H]. The first-order chi connectivity index (χ1) is 31.0. The lowest BCUT2D eigenvalue weighted by Gasteiger charge is -2.10. The quantitative estimate of drug-likeness (QED) is 0.184. The molecule has 0 atom stereocenters. The normalized spacial score (nSPS) is 15.8. The molecular formula is C45H27N3O2. The van der Waals surface area contributed by atoms with Crippen LogP contribution in [0.15, 0.2) is 172 Å². The number of fused-ring (bicyclic) bond motifs is 6. The molecule has 0 unspecified atom stereocenters. The zero-order valence-corrected chi connectivity index (χ0v) is 25.6. The predicted molar refractivity (Wildman–Crippen MR) is 202 cm³/mol. The molecule has 3 heterocycles. The molecule has 0 bridgehead atoms. The molecule has 0 saturated carbocycles. The Balaban J connectivity index is 1.25. The van der Waals surface area contributed by atoms with Gasteiger partial charge in [0.1, 0.15) is 22.3 Å². The minimum Gasteiger partial charge on any atom is -0.456 e. The van der Waals surface area contributed by atoms with Crippen molar-refractivity contribution < 1.29 is 29.4 Å². The first-order valence-corrected chi connectivity index (χ1v) is 15.4. The molecule has 0 saturated heterocycles. The maximum atomic E-state index is 9.61. The lowest BCUT2D eigenvalue weighted by atomic mass is 9.97. The molecule has 0 aliphatic rings. The first kappa shape index (κ1) is 17.0. The molecule has 0 fully saturated rings. The van der Waals surface area contributed by atoms with Crippen LogP contribution in [-0.4, -0.2) is 15.0 Å². The van der Waals surface area contributed by atoms with E-state index < -0.39 is 124 Å². The smallest absolute Gasteiger partial charge is 0.164 e. The number of hydrogen-bond donors (Lipinski definition) is 0. The van der Waals surface area contributed by atoms with E-state index in [0.717, 1.165) is 10.8 Å². The van der Waals surface area contributed by atoms with E-state index in [-0.39, 0.29) is 33.8 Å². The minimum atomic E-state index is -0.850. The number of nitrogens with zero attached hydrogens (tertiary/aromatic N) is 3. The third-order valence-electron chi connectivity index (χ3n) is 8.21. The molecule has 50 heavy (non-hydrogen) atoms. The average Bonchev–Trinajstić information content (AvgIpc) is 3.90. The van der Waals surface area contributed by atoms with E-state index in [1.54, 1.807) is 42.5 Å². The monoisotopic (exact) mass is 656 g/mol. The second-order valence-electron chi connectivity index (χ2n) is 11.2. The topological polar surface area (TPSA) is 65.0 Å². The van der Waals surface area contributed by atoms with Crippen molar-refractivity contribution in [1.29, 1.82) is 0 Å². The zero-order valence-electron chi connectivity index (χ0n) is 40.6. The van der Waals surface area contributed by atoms with Crippen LogP contribution in [0.4, 0.5) is 0 Å². The molecule has 7 aromatic carbocycles. The summed E-state index contributed by atoms with van der Waals surface area (Å²) in [6.45, 7) is 0. The lowest BCUT2D eigenvalue weighted by Crippen LogP contribution is -2.00. The highest BCUT2D eigenvalue weighted by molar-refractivity contribution is 6.09. The molecular weight excluding hydrogens is 615 g/mol. The van der Waals surface area contributed by atoms with Crippen LogP contribution in [0.25, 0.3) is 100 Å². The van der Waals surface area contributed by atoms with Crippen LogP contribution in [0.2, 0.25) is 0 Å². The Labute approximate surface area is 308 Å². The van der Waals surface area contributed by atoms with Crippen molar-refractivity contribution in [1.82, 2.24) is 15.0 Å². The van der Waals surface area contributed by atoms with Gasteiger partial charge in [0, 0.05) is 43.8 Å². The number of aromatic nitrogens is 3. The van der Waals surface area contributed by atoms with Crippen molar-refractivity contribution in [3.8, 4) is 56.4 Å². The third-order valence-corrected chi connectivity index (χ3v) is 8.21. The molecule has 3 aromatic heterocycles. The van der Waals surface area contributed by atoms with E-state index in [0.29, 0.717) is 22.3 Å². The Bertz CT molecular complexity index is 3740. The molecule has 0 aliphatic heterocycles. The van der Waals surface area contributed by atoms with Crippen LogP contribution >= 0.6 is 0 Å². The number of rotatable bonds is 5. The second-order valence-corrected chi connectivity index (χ2v) is 11.2. The summed E-state index contributed by atoms with van der Waals surface area (Å²) in [4.78, 5) is 14.1. The van der Waals surface area contributed by atoms with Gasteiger partial charge in [-0.15, -0.1) is 0 Å². The van der Waals surface area contributed by atoms with Gasteiger partial charge in [0.25, 0.3) is 0 Å². The highest BCUT2D eigenvalue weighted by Crippen LogP contribution is 2.38. The fraction of sp³-hybridized carbons (Fsp3) is 0. The van der Waals surface area contributed by atoms with Crippen LogP contribution in [0, 0.1) is 0 Å². The van der Waals surface area contributed by atoms with Gasteiger partial charge in [-0.2, -0.15) is 0 Å². The van der Waals surface area contributed by atoms with E-state index in [4.69, 9.17) is 36.6 Å². The summed E-state index contributed by atoms with van der Waals surface area (Å²) in [6, 6.07) is 10.8. The van der Waals surface area contributed by atoms with Crippen LogP contribution in [0.5, 0.6) is 0 Å². The summed E-state index contributed by atoms with van der Waals surface area (Å²) in [6.07, 6.45) is 0. The van der Waals surface area contributed by atoms with E-state index in [1.165, 1.54) is 0 Å². The molecule has 0 amide bonds. The molecule has 0 spiro atoms. The Morgan fingerprint density at radius 3 is 1.90 bits per heavy atom. The highest BCUT2D eigenvalue weighted by atomic mass is 16.3. The van der Waals surface area contributed by atoms with Gasteiger partial charge in [0.15, 0.2) is 17.5 Å². The van der Waals surface area contributed by atoms with E-state index >= 15 is 0 Å². The number of furan rings is 2. The van der Waals surface area contributed by atoms with Gasteiger partial charge in [-0.25, -0.2) is 15.0 Å². The largest absolute Gasteiger partial charge is 0.456 e. The third kappa shape index (κ3) is 4.75. The first-order valence-electron chi connectivity index (χ1n) is 22.9. The molecule has 5 heteroatoms. The summed E-state index contributed by atoms with van der Waals surface area (Å²) in [5.74, 6) is -0.0530. The van der Waals surface area contributed by atoms with Crippen LogP contribution < -0.4 is 0 Å². The summed E-state index contributed by atoms with van der Waals surface area (Å²) in [5, 5.41) is 1.12. The van der Waals surface area contributed by atoms with Crippen LogP contribution in [-0.2, 0) is 0 Å². The van der Waals surface area contributed by atoms with Crippen molar-refractivity contribution in [2.45, 2.75) is 0 Å². The molecule has 0 aliphatic carbocycles. The maximum Gasteiger partial charge on any atom is 0.164 e. The standard InChI is InChI=1S/C45H27N3O2/c1-2-11-28(12-3-1)43-46-44(48-45(47-43)33-23-24-37-35-17-4-6-21-39(35)49-41(37)27-33)32-16-9-14-30(26-32)29-13-8-15-31(25-29)34-19-10-20-38-36-18-5-7-22-40(36)50-42(34)38/h1-27H/i5D,7D,8D,9D,10D,13D,14D,15D,16D,18D,19D,20D,22D,25D,26D. The van der Waals surface area contributed by atoms with Crippen molar-refractivity contribution >= 4 is 43.9 Å². The molecule has 5 nitrogen and oxygen atoms in total. The maximum absolute atomic E-state index is 9.61. The fourth-order valence-electron chi connectivity index (χ4n) is 5.88. The Kier molecular flexibility index (Phi) is 3.87. The predicted octanol–water partition coefficient (Wildman–Crippen LogP) is 12.0. The minimum absolute atomic E-state index is 0.0957. The van der Waals surface area contributed by atoms with Gasteiger partial charge >= 0.3 is 0 Å². The van der Waals surface area contributed by atoms with E-state index in [1.807, 2.05) is 30.3 Å². The summed E-state index contributed by atoms with van der Waals surface area (Å²) in [5.41, 5.74) is -1.39. The summed E-state index contributed by atoms with van der Waals surface area (Å²) in [7, 11) is 0. The van der Waals surface area contributed by atoms with Crippen molar-refractivity contribution in [3.05, 3.63) is 163 Å². The number of hydrogen-bond acceptors (Lipinski definition) is 5. The van der Waals surface area contributed by atoms with Crippen LogP contribution in [0.1, 0.15) is 20.6 Å². The van der Waals surface area contributed by atoms with Gasteiger partial charge in [0.2, 0.25) is 0 Å². The molecule has 0 radical (unpaired) electrons. The van der Waals surface area contributed by atoms with E-state index in [9.17, 15) is 2.74 Å². The second kappa shape index (κ2) is 11.4. The van der Waals surface area contributed by atoms with Gasteiger partial charge in [0.05, 0.1) is 20.6 Å². The Hall–Kier alpha value is -6.85. The molecule has 10 rings (SSSR count). The van der Waals surface area contributed by atoms with Gasteiger partial charge in [-0.1, -0.05) is 127 Å². The summed E-state index contributed by atoms with van der Waals surface area (Å²) >= 11 is 0. The van der Waals surface area contributed by atoms with Gasteiger partial charge in [-0.3, -0.25) is 0 Å². The Morgan fingerprint density at radius 2 is 1.04 bits per heavy atom. The molecule has 234 valence electrons. The van der Waals surface area contributed by atoms with E-state index in [2.05, 4.69) is 4.98 Å². The Morgan fingerprint density at radius 1 is 0.400 bits per heavy atom. The number of para-hydroxylation sites is 3. The van der Waals surface area contributed by atoms with Crippen molar-refractivity contribution in [2.75, 3.05) is 0 Å². The molecule has 10 aromatic rings.